The second-order valence-electron chi connectivity index (χ2n) is 6.59. The molecule has 0 aromatic heterocycles. The minimum atomic E-state index is -0.449. The summed E-state index contributed by atoms with van der Waals surface area (Å²) in [5.41, 5.74) is 1.29. The monoisotopic (exact) mass is 398 g/mol. The molecule has 0 bridgehead atoms. The van der Waals surface area contributed by atoms with Gasteiger partial charge in [-0.1, -0.05) is 12.1 Å². The van der Waals surface area contributed by atoms with Crippen LogP contribution in [0.1, 0.15) is 20.3 Å². The number of para-hydroxylation sites is 2. The van der Waals surface area contributed by atoms with E-state index in [0.717, 1.165) is 0 Å². The lowest BCUT2D eigenvalue weighted by Crippen LogP contribution is -2.28. The van der Waals surface area contributed by atoms with E-state index in [1.54, 1.807) is 30.2 Å². The first-order valence-corrected chi connectivity index (χ1v) is 9.71. The number of methoxy groups -OCH3 is 1. The summed E-state index contributed by atoms with van der Waals surface area (Å²) in [5, 5.41) is 2.88. The maximum absolute atomic E-state index is 12.8. The number of carbonyl (C=O) groups excluding carboxylic acids is 2. The summed E-state index contributed by atoms with van der Waals surface area (Å²) in [4.78, 5) is 27.0. The number of amides is 2. The summed E-state index contributed by atoms with van der Waals surface area (Å²) in [6.45, 7) is 5.11. The number of ether oxygens (including phenoxy) is 3. The second-order valence-corrected chi connectivity index (χ2v) is 6.59. The molecule has 0 unspecified atom stereocenters. The van der Waals surface area contributed by atoms with Crippen molar-refractivity contribution in [1.82, 2.24) is 0 Å². The molecule has 7 nitrogen and oxygen atoms in total. The molecule has 1 atom stereocenters. The Hall–Kier alpha value is -3.22. The zero-order valence-electron chi connectivity index (χ0n) is 16.9. The fourth-order valence-electron chi connectivity index (χ4n) is 3.34. The Bertz CT molecular complexity index is 883. The van der Waals surface area contributed by atoms with Crippen molar-refractivity contribution in [2.24, 2.45) is 5.92 Å². The highest BCUT2D eigenvalue weighted by atomic mass is 16.5. The summed E-state index contributed by atoms with van der Waals surface area (Å²) < 4.78 is 16.4. The maximum Gasteiger partial charge on any atom is 0.229 e. The van der Waals surface area contributed by atoms with E-state index in [4.69, 9.17) is 14.2 Å². The topological polar surface area (TPSA) is 77.1 Å². The Morgan fingerprint density at radius 3 is 2.52 bits per heavy atom. The van der Waals surface area contributed by atoms with Gasteiger partial charge in [0.15, 0.2) is 11.5 Å². The first kappa shape index (κ1) is 20.5. The Balaban J connectivity index is 1.71. The molecule has 7 heteroatoms. The Kier molecular flexibility index (Phi) is 6.59. The van der Waals surface area contributed by atoms with Crippen molar-refractivity contribution in [3.05, 3.63) is 42.5 Å². The van der Waals surface area contributed by atoms with Gasteiger partial charge in [-0.15, -0.1) is 0 Å². The third-order valence-electron chi connectivity index (χ3n) is 4.68. The lowest BCUT2D eigenvalue weighted by molar-refractivity contribution is -0.122. The summed E-state index contributed by atoms with van der Waals surface area (Å²) in [6, 6.07) is 12.6. The van der Waals surface area contributed by atoms with Gasteiger partial charge in [0, 0.05) is 24.7 Å². The molecular weight excluding hydrogens is 372 g/mol. The third-order valence-corrected chi connectivity index (χ3v) is 4.68. The fraction of sp³-hybridized carbons (Fsp3) is 0.364. The number of hydrogen-bond acceptors (Lipinski definition) is 5. The standard InChI is InChI=1S/C22H26N2O5/c1-4-28-18-9-7-6-8-17(18)24-14-15(12-21(24)25)22(26)23-16-10-11-19(29-5-2)20(13-16)27-3/h6-11,13,15H,4-5,12,14H2,1-3H3,(H,23,26)/t15-/m0/s1. The van der Waals surface area contributed by atoms with Crippen LogP contribution in [0.5, 0.6) is 17.2 Å². The summed E-state index contributed by atoms with van der Waals surface area (Å²) in [7, 11) is 1.55. The van der Waals surface area contributed by atoms with Crippen molar-refractivity contribution >= 4 is 23.2 Å². The van der Waals surface area contributed by atoms with E-state index < -0.39 is 5.92 Å². The van der Waals surface area contributed by atoms with Crippen molar-refractivity contribution in [2.45, 2.75) is 20.3 Å². The van der Waals surface area contributed by atoms with Gasteiger partial charge in [-0.05, 0) is 38.1 Å². The number of benzene rings is 2. The Labute approximate surface area is 170 Å². The second kappa shape index (κ2) is 9.32. The molecule has 1 aliphatic rings. The average Bonchev–Trinajstić information content (AvgIpc) is 3.11. The van der Waals surface area contributed by atoms with Crippen LogP contribution in [0, 0.1) is 5.92 Å². The van der Waals surface area contributed by atoms with Crippen molar-refractivity contribution in [2.75, 3.05) is 37.1 Å². The summed E-state index contributed by atoms with van der Waals surface area (Å²) in [5.74, 6) is 1.04. The van der Waals surface area contributed by atoms with E-state index in [0.29, 0.717) is 48.4 Å². The highest BCUT2D eigenvalue weighted by Gasteiger charge is 2.36. The van der Waals surface area contributed by atoms with E-state index in [2.05, 4.69) is 5.32 Å². The van der Waals surface area contributed by atoms with Gasteiger partial charge in [0.1, 0.15) is 5.75 Å². The van der Waals surface area contributed by atoms with Crippen LogP contribution in [0.2, 0.25) is 0 Å². The number of anilines is 2. The summed E-state index contributed by atoms with van der Waals surface area (Å²) >= 11 is 0. The van der Waals surface area contributed by atoms with Crippen LogP contribution in [0.15, 0.2) is 42.5 Å². The molecule has 0 spiro atoms. The fourth-order valence-corrected chi connectivity index (χ4v) is 3.34. The van der Waals surface area contributed by atoms with Gasteiger partial charge >= 0.3 is 0 Å². The molecule has 1 aliphatic heterocycles. The first-order valence-electron chi connectivity index (χ1n) is 9.71. The van der Waals surface area contributed by atoms with Crippen molar-refractivity contribution in [3.8, 4) is 17.2 Å². The van der Waals surface area contributed by atoms with Crippen molar-refractivity contribution in [1.29, 1.82) is 0 Å². The molecule has 154 valence electrons. The molecule has 29 heavy (non-hydrogen) atoms. The molecule has 1 fully saturated rings. The molecule has 1 heterocycles. The molecule has 2 aromatic rings. The molecule has 2 amide bonds. The smallest absolute Gasteiger partial charge is 0.229 e. The van der Waals surface area contributed by atoms with Crippen LogP contribution in [0.3, 0.4) is 0 Å². The average molecular weight is 398 g/mol. The van der Waals surface area contributed by atoms with E-state index in [1.165, 1.54) is 0 Å². The molecule has 1 saturated heterocycles. The van der Waals surface area contributed by atoms with Crippen LogP contribution >= 0.6 is 0 Å². The molecule has 0 saturated carbocycles. The predicted octanol–water partition coefficient (Wildman–Crippen LogP) is 3.48. The van der Waals surface area contributed by atoms with Crippen LogP contribution in [0.25, 0.3) is 0 Å². The lowest BCUT2D eigenvalue weighted by Gasteiger charge is -2.20. The van der Waals surface area contributed by atoms with Gasteiger partial charge in [-0.25, -0.2) is 0 Å². The Morgan fingerprint density at radius 1 is 1.07 bits per heavy atom. The van der Waals surface area contributed by atoms with Crippen LogP contribution < -0.4 is 24.4 Å². The molecule has 1 N–H and O–H groups in total. The van der Waals surface area contributed by atoms with Gasteiger partial charge in [-0.3, -0.25) is 9.59 Å². The maximum atomic E-state index is 12.8. The third kappa shape index (κ3) is 4.62. The van der Waals surface area contributed by atoms with E-state index in [1.807, 2.05) is 38.1 Å². The Morgan fingerprint density at radius 2 is 1.79 bits per heavy atom. The molecule has 0 radical (unpaired) electrons. The van der Waals surface area contributed by atoms with E-state index in [-0.39, 0.29) is 18.2 Å². The van der Waals surface area contributed by atoms with Gasteiger partial charge in [0.05, 0.1) is 31.9 Å². The van der Waals surface area contributed by atoms with E-state index in [9.17, 15) is 9.59 Å². The number of carbonyl (C=O) groups is 2. The van der Waals surface area contributed by atoms with Gasteiger partial charge in [0.2, 0.25) is 11.8 Å². The zero-order valence-corrected chi connectivity index (χ0v) is 16.9. The zero-order chi connectivity index (χ0) is 20.8. The molecule has 0 aliphatic carbocycles. The SMILES string of the molecule is CCOc1ccc(NC(=O)[C@H]2CC(=O)N(c3ccccc3OCC)C2)cc1OC. The first-order chi connectivity index (χ1) is 14.1. The van der Waals surface area contributed by atoms with E-state index >= 15 is 0 Å². The molecule has 3 rings (SSSR count). The quantitative estimate of drug-likeness (QED) is 0.737. The minimum absolute atomic E-state index is 0.0958. The van der Waals surface area contributed by atoms with Crippen molar-refractivity contribution in [3.63, 3.8) is 0 Å². The predicted molar refractivity (Wildman–Crippen MR) is 111 cm³/mol. The van der Waals surface area contributed by atoms with Gasteiger partial charge in [0.25, 0.3) is 0 Å². The lowest BCUT2D eigenvalue weighted by atomic mass is 10.1. The molecule has 2 aromatic carbocycles. The van der Waals surface area contributed by atoms with Crippen molar-refractivity contribution < 1.29 is 23.8 Å². The number of rotatable bonds is 8. The van der Waals surface area contributed by atoms with Crippen LogP contribution in [0.4, 0.5) is 11.4 Å². The number of hydrogen-bond donors (Lipinski definition) is 1. The molecular formula is C22H26N2O5. The van der Waals surface area contributed by atoms with Gasteiger partial charge in [-0.2, -0.15) is 0 Å². The number of nitrogens with zero attached hydrogens (tertiary/aromatic N) is 1. The van der Waals surface area contributed by atoms with Crippen LogP contribution in [-0.2, 0) is 9.59 Å². The largest absolute Gasteiger partial charge is 0.493 e. The van der Waals surface area contributed by atoms with Crippen LogP contribution in [-0.4, -0.2) is 38.7 Å². The highest BCUT2D eigenvalue weighted by Crippen LogP contribution is 2.34. The van der Waals surface area contributed by atoms with Gasteiger partial charge < -0.3 is 24.4 Å². The normalized spacial score (nSPS) is 15.9. The summed E-state index contributed by atoms with van der Waals surface area (Å²) in [6.07, 6.45) is 0.153. The number of nitrogens with one attached hydrogen (secondary N) is 1. The highest BCUT2D eigenvalue weighted by molar-refractivity contribution is 6.04. The minimum Gasteiger partial charge on any atom is -0.493 e.